The van der Waals surface area contributed by atoms with E-state index in [4.69, 9.17) is 10.5 Å². The zero-order chi connectivity index (χ0) is 17.1. The second-order valence-electron chi connectivity index (χ2n) is 6.00. The van der Waals surface area contributed by atoms with E-state index in [0.29, 0.717) is 13.2 Å². The van der Waals surface area contributed by atoms with Crippen LogP contribution in [-0.2, 0) is 22.5 Å². The van der Waals surface area contributed by atoms with Gasteiger partial charge in [0.2, 0.25) is 5.91 Å². The number of nitrogens with zero attached hydrogens (tertiary/aromatic N) is 2. The van der Waals surface area contributed by atoms with Gasteiger partial charge < -0.3 is 10.5 Å². The summed E-state index contributed by atoms with van der Waals surface area (Å²) in [7, 11) is 0. The minimum Gasteiger partial charge on any atom is -0.372 e. The van der Waals surface area contributed by atoms with Crippen molar-refractivity contribution < 1.29 is 9.53 Å². The number of carbonyl (C=O) groups excluding carboxylic acids is 1. The zero-order valence-electron chi connectivity index (χ0n) is 14.1. The Morgan fingerprint density at radius 1 is 1.50 bits per heavy atom. The lowest BCUT2D eigenvalue weighted by Crippen LogP contribution is -2.42. The van der Waals surface area contributed by atoms with E-state index in [1.54, 1.807) is 11.3 Å². The molecule has 1 aromatic carbocycles. The van der Waals surface area contributed by atoms with Crippen molar-refractivity contribution in [3.63, 3.8) is 0 Å². The standard InChI is InChI=1S/C18H23N3O2S/c1-3-23-12(2)18-20-14(11-24-18)10-21-9-8-13-6-4-5-7-15(13)16(21)17(19)22/h4-7,11-12,16H,3,8-10H2,1-2H3,(H2,19,22)/t12-,16+/m0/s1. The van der Waals surface area contributed by atoms with Gasteiger partial charge in [-0.15, -0.1) is 11.3 Å². The number of fused-ring (bicyclic) bond motifs is 1. The lowest BCUT2D eigenvalue weighted by Gasteiger charge is -2.34. The number of nitrogens with two attached hydrogens (primary N) is 1. The van der Waals surface area contributed by atoms with Gasteiger partial charge in [-0.3, -0.25) is 9.69 Å². The van der Waals surface area contributed by atoms with Crippen molar-refractivity contribution in [2.24, 2.45) is 5.73 Å². The number of hydrogen-bond acceptors (Lipinski definition) is 5. The van der Waals surface area contributed by atoms with Crippen LogP contribution in [0, 0.1) is 0 Å². The van der Waals surface area contributed by atoms with E-state index in [1.807, 2.05) is 37.4 Å². The third-order valence-electron chi connectivity index (χ3n) is 4.35. The van der Waals surface area contributed by atoms with Crippen molar-refractivity contribution >= 4 is 17.2 Å². The van der Waals surface area contributed by atoms with E-state index in [0.717, 1.165) is 29.2 Å². The highest BCUT2D eigenvalue weighted by Crippen LogP contribution is 2.31. The molecule has 1 amide bonds. The van der Waals surface area contributed by atoms with Gasteiger partial charge in [0.1, 0.15) is 17.2 Å². The normalized spacial score (nSPS) is 19.0. The van der Waals surface area contributed by atoms with E-state index < -0.39 is 0 Å². The SMILES string of the molecule is CCO[C@@H](C)c1nc(CN2CCc3ccccc3[C@@H]2C(N)=O)cs1. The summed E-state index contributed by atoms with van der Waals surface area (Å²) in [5.74, 6) is -0.305. The quantitative estimate of drug-likeness (QED) is 0.874. The summed E-state index contributed by atoms with van der Waals surface area (Å²) in [6, 6.07) is 7.66. The van der Waals surface area contributed by atoms with Crippen LogP contribution in [0.5, 0.6) is 0 Å². The van der Waals surface area contributed by atoms with Crippen LogP contribution >= 0.6 is 11.3 Å². The average molecular weight is 345 g/mol. The number of hydrogen-bond donors (Lipinski definition) is 1. The van der Waals surface area contributed by atoms with Gasteiger partial charge in [-0.1, -0.05) is 24.3 Å². The third-order valence-corrected chi connectivity index (χ3v) is 5.41. The molecule has 0 radical (unpaired) electrons. The van der Waals surface area contributed by atoms with Crippen LogP contribution in [0.25, 0.3) is 0 Å². The second-order valence-corrected chi connectivity index (χ2v) is 6.89. The van der Waals surface area contributed by atoms with Gasteiger partial charge in [-0.05, 0) is 31.4 Å². The number of aromatic nitrogens is 1. The van der Waals surface area contributed by atoms with Crippen LogP contribution < -0.4 is 5.73 Å². The first-order chi connectivity index (χ1) is 11.6. The topological polar surface area (TPSA) is 68.4 Å². The Kier molecular flexibility index (Phi) is 5.28. The molecule has 3 rings (SSSR count). The first kappa shape index (κ1) is 17.1. The molecular weight excluding hydrogens is 322 g/mol. The number of amides is 1. The highest BCUT2D eigenvalue weighted by Gasteiger charge is 2.31. The van der Waals surface area contributed by atoms with Gasteiger partial charge in [0, 0.05) is 25.1 Å². The summed E-state index contributed by atoms with van der Waals surface area (Å²) < 4.78 is 5.60. The molecule has 1 aliphatic rings. The Labute approximate surface area is 146 Å². The molecule has 0 aliphatic carbocycles. The molecule has 0 spiro atoms. The molecule has 1 aliphatic heterocycles. The maximum Gasteiger partial charge on any atom is 0.239 e. The van der Waals surface area contributed by atoms with Crippen molar-refractivity contribution in [3.05, 3.63) is 51.5 Å². The van der Waals surface area contributed by atoms with Crippen molar-refractivity contribution in [2.75, 3.05) is 13.2 Å². The molecule has 0 saturated heterocycles. The van der Waals surface area contributed by atoms with E-state index in [2.05, 4.69) is 16.0 Å². The number of thiazole rings is 1. The molecule has 2 aromatic rings. The highest BCUT2D eigenvalue weighted by molar-refractivity contribution is 7.09. The van der Waals surface area contributed by atoms with Crippen LogP contribution in [0.4, 0.5) is 0 Å². The Balaban J connectivity index is 1.79. The maximum absolute atomic E-state index is 12.1. The van der Waals surface area contributed by atoms with E-state index >= 15 is 0 Å². The van der Waals surface area contributed by atoms with Crippen molar-refractivity contribution in [3.8, 4) is 0 Å². The monoisotopic (exact) mass is 345 g/mol. The number of ether oxygens (including phenoxy) is 1. The van der Waals surface area contributed by atoms with E-state index in [-0.39, 0.29) is 18.1 Å². The van der Waals surface area contributed by atoms with Crippen LogP contribution in [0.15, 0.2) is 29.6 Å². The largest absolute Gasteiger partial charge is 0.372 e. The van der Waals surface area contributed by atoms with Crippen LogP contribution in [0.2, 0.25) is 0 Å². The number of benzene rings is 1. The fraction of sp³-hybridized carbons (Fsp3) is 0.444. The van der Waals surface area contributed by atoms with E-state index in [1.165, 1.54) is 5.56 Å². The van der Waals surface area contributed by atoms with Gasteiger partial charge in [0.25, 0.3) is 0 Å². The lowest BCUT2D eigenvalue weighted by atomic mass is 9.92. The van der Waals surface area contributed by atoms with Gasteiger partial charge in [-0.2, -0.15) is 0 Å². The molecule has 2 N–H and O–H groups in total. The molecule has 128 valence electrons. The van der Waals surface area contributed by atoms with Crippen molar-refractivity contribution in [1.29, 1.82) is 0 Å². The fourth-order valence-corrected chi connectivity index (χ4v) is 4.05. The van der Waals surface area contributed by atoms with Gasteiger partial charge in [-0.25, -0.2) is 4.98 Å². The van der Waals surface area contributed by atoms with Crippen molar-refractivity contribution in [1.82, 2.24) is 9.88 Å². The van der Waals surface area contributed by atoms with Gasteiger partial charge in [0.15, 0.2) is 0 Å². The fourth-order valence-electron chi connectivity index (χ4n) is 3.23. The Morgan fingerprint density at radius 3 is 3.04 bits per heavy atom. The summed E-state index contributed by atoms with van der Waals surface area (Å²) in [5, 5.41) is 3.02. The third kappa shape index (κ3) is 3.50. The molecule has 2 atom stereocenters. The van der Waals surface area contributed by atoms with Crippen molar-refractivity contribution in [2.45, 2.75) is 39.0 Å². The summed E-state index contributed by atoms with van der Waals surface area (Å²) in [6.07, 6.45) is 0.925. The van der Waals surface area contributed by atoms with Gasteiger partial charge >= 0.3 is 0 Å². The molecule has 0 fully saturated rings. The van der Waals surface area contributed by atoms with Crippen LogP contribution in [0.1, 0.15) is 47.8 Å². The minimum absolute atomic E-state index is 0.00256. The molecule has 0 bridgehead atoms. The second kappa shape index (κ2) is 7.42. The zero-order valence-corrected chi connectivity index (χ0v) is 14.9. The molecule has 0 unspecified atom stereocenters. The smallest absolute Gasteiger partial charge is 0.239 e. The molecule has 2 heterocycles. The first-order valence-electron chi connectivity index (χ1n) is 8.27. The Hall–Kier alpha value is -1.76. The lowest BCUT2D eigenvalue weighted by molar-refractivity contribution is -0.124. The Morgan fingerprint density at radius 2 is 2.29 bits per heavy atom. The number of primary amides is 1. The van der Waals surface area contributed by atoms with E-state index in [9.17, 15) is 4.79 Å². The van der Waals surface area contributed by atoms with Crippen LogP contribution in [0.3, 0.4) is 0 Å². The molecule has 24 heavy (non-hydrogen) atoms. The highest BCUT2D eigenvalue weighted by atomic mass is 32.1. The minimum atomic E-state index is -0.385. The summed E-state index contributed by atoms with van der Waals surface area (Å²) in [6.45, 7) is 6.08. The molecule has 0 saturated carbocycles. The molecule has 1 aromatic heterocycles. The number of carbonyl (C=O) groups is 1. The molecular formula is C18H23N3O2S. The summed E-state index contributed by atoms with van der Waals surface area (Å²) >= 11 is 1.60. The maximum atomic E-state index is 12.1. The summed E-state index contributed by atoms with van der Waals surface area (Å²) in [4.78, 5) is 18.9. The summed E-state index contributed by atoms with van der Waals surface area (Å²) in [5.41, 5.74) is 8.90. The average Bonchev–Trinajstić information content (AvgIpc) is 3.03. The predicted molar refractivity (Wildman–Crippen MR) is 94.6 cm³/mol. The van der Waals surface area contributed by atoms with Gasteiger partial charge in [0.05, 0.1) is 5.69 Å². The predicted octanol–water partition coefficient (Wildman–Crippen LogP) is 2.83. The Bertz CT molecular complexity index is 716. The molecule has 5 nitrogen and oxygen atoms in total. The first-order valence-corrected chi connectivity index (χ1v) is 9.15. The molecule has 6 heteroatoms. The number of rotatable bonds is 6. The van der Waals surface area contributed by atoms with Crippen LogP contribution in [-0.4, -0.2) is 28.9 Å².